The first-order chi connectivity index (χ1) is 19.5. The molecule has 41 heavy (non-hydrogen) atoms. The molecule has 14 heteroatoms. The molecule has 1 aliphatic heterocycles. The Hall–Kier alpha value is -4.30. The van der Waals surface area contributed by atoms with E-state index in [4.69, 9.17) is 18.9 Å². The van der Waals surface area contributed by atoms with Crippen molar-refractivity contribution in [3.63, 3.8) is 0 Å². The summed E-state index contributed by atoms with van der Waals surface area (Å²) in [7, 11) is -4.00. The van der Waals surface area contributed by atoms with Gasteiger partial charge in [0.25, 0.3) is 10.0 Å². The fourth-order valence-electron chi connectivity index (χ4n) is 4.31. The van der Waals surface area contributed by atoms with Gasteiger partial charge in [-0.05, 0) is 31.2 Å². The van der Waals surface area contributed by atoms with Crippen LogP contribution in [0.3, 0.4) is 0 Å². The van der Waals surface area contributed by atoms with E-state index in [0.717, 1.165) is 5.56 Å². The number of hydrogen-bond donors (Lipinski definition) is 0. The topological polar surface area (TPSA) is 156 Å². The summed E-state index contributed by atoms with van der Waals surface area (Å²) < 4.78 is 51.6. The van der Waals surface area contributed by atoms with Gasteiger partial charge in [0.2, 0.25) is 0 Å². The summed E-state index contributed by atoms with van der Waals surface area (Å²) in [6.07, 6.45) is -2.93. The van der Waals surface area contributed by atoms with Crippen LogP contribution in [0, 0.1) is 6.92 Å². The number of nitrogens with zero attached hydrogens (tertiary/aromatic N) is 4. The van der Waals surface area contributed by atoms with E-state index in [0.29, 0.717) is 5.69 Å². The number of anilines is 1. The van der Waals surface area contributed by atoms with E-state index >= 15 is 0 Å². The second-order valence-electron chi connectivity index (χ2n) is 9.37. The summed E-state index contributed by atoms with van der Waals surface area (Å²) in [6, 6.07) is 15.0. The van der Waals surface area contributed by atoms with Crippen LogP contribution in [0.5, 0.6) is 0 Å². The van der Waals surface area contributed by atoms with Crippen molar-refractivity contribution in [1.82, 2.24) is 15.0 Å². The van der Waals surface area contributed by atoms with Crippen molar-refractivity contribution in [3.05, 3.63) is 72.1 Å². The zero-order valence-corrected chi connectivity index (χ0v) is 23.7. The summed E-state index contributed by atoms with van der Waals surface area (Å²) in [5, 5.41) is 8.24. The minimum absolute atomic E-state index is 0.0968. The molecule has 4 atom stereocenters. The summed E-state index contributed by atoms with van der Waals surface area (Å²) in [4.78, 5) is 35.3. The number of aryl methyl sites for hydroxylation is 1. The summed E-state index contributed by atoms with van der Waals surface area (Å²) in [5.74, 6) is -1.92. The van der Waals surface area contributed by atoms with Gasteiger partial charge in [0, 0.05) is 20.8 Å². The van der Waals surface area contributed by atoms with E-state index in [1.165, 1.54) is 48.1 Å². The molecule has 0 unspecified atom stereocenters. The molecule has 13 nitrogen and oxygen atoms in total. The molecule has 3 aromatic rings. The first-order valence-electron chi connectivity index (χ1n) is 12.6. The molecular formula is C27H30N4O9S. The largest absolute Gasteiger partial charge is 0.463 e. The molecule has 1 aromatic heterocycles. The molecule has 2 heterocycles. The van der Waals surface area contributed by atoms with Crippen molar-refractivity contribution in [2.24, 2.45) is 0 Å². The summed E-state index contributed by atoms with van der Waals surface area (Å²) in [5.41, 5.74) is 1.63. The van der Waals surface area contributed by atoms with E-state index in [1.54, 1.807) is 42.5 Å². The summed E-state index contributed by atoms with van der Waals surface area (Å²) in [6.45, 7) is 5.01. The van der Waals surface area contributed by atoms with Crippen molar-refractivity contribution in [1.29, 1.82) is 0 Å². The van der Waals surface area contributed by atoms with Gasteiger partial charge in [-0.1, -0.05) is 41.1 Å². The highest BCUT2D eigenvalue weighted by molar-refractivity contribution is 7.92. The van der Waals surface area contributed by atoms with Crippen molar-refractivity contribution in [2.45, 2.75) is 63.7 Å². The van der Waals surface area contributed by atoms with Crippen molar-refractivity contribution >= 4 is 33.6 Å². The summed E-state index contributed by atoms with van der Waals surface area (Å²) >= 11 is 0. The number of sulfonamides is 1. The van der Waals surface area contributed by atoms with E-state index < -0.39 is 52.5 Å². The lowest BCUT2D eigenvalue weighted by atomic mass is 10.1. The van der Waals surface area contributed by atoms with E-state index in [1.807, 2.05) is 6.92 Å². The van der Waals surface area contributed by atoms with Crippen LogP contribution in [-0.4, -0.2) is 66.2 Å². The van der Waals surface area contributed by atoms with Crippen LogP contribution in [0.25, 0.3) is 0 Å². The molecular weight excluding hydrogens is 556 g/mol. The second kappa shape index (κ2) is 12.5. The van der Waals surface area contributed by atoms with Crippen molar-refractivity contribution < 1.29 is 41.7 Å². The Morgan fingerprint density at radius 1 is 0.927 bits per heavy atom. The molecule has 0 N–H and O–H groups in total. The number of ether oxygens (including phenoxy) is 4. The Bertz CT molecular complexity index is 1490. The third kappa shape index (κ3) is 7.08. The molecule has 0 aliphatic carbocycles. The molecule has 1 saturated heterocycles. The number of carbonyl (C=O) groups is 3. The highest BCUT2D eigenvalue weighted by Crippen LogP contribution is 2.34. The fraction of sp³-hybridized carbons (Fsp3) is 0.370. The predicted molar refractivity (Wildman–Crippen MR) is 143 cm³/mol. The first kappa shape index (κ1) is 29.7. The smallest absolute Gasteiger partial charge is 0.303 e. The average Bonchev–Trinajstić information content (AvgIpc) is 3.51. The van der Waals surface area contributed by atoms with Gasteiger partial charge in [0.1, 0.15) is 18.4 Å². The van der Waals surface area contributed by atoms with Crippen LogP contribution >= 0.6 is 0 Å². The monoisotopic (exact) mass is 586 g/mol. The van der Waals surface area contributed by atoms with Crippen LogP contribution in [0.15, 0.2) is 65.7 Å². The number of carbonyl (C=O) groups excluding carboxylic acids is 3. The Labute approximate surface area is 237 Å². The zero-order chi connectivity index (χ0) is 29.7. The molecule has 0 bridgehead atoms. The maximum atomic E-state index is 13.7. The minimum Gasteiger partial charge on any atom is -0.463 e. The maximum absolute atomic E-state index is 13.7. The van der Waals surface area contributed by atoms with Gasteiger partial charge in [-0.2, -0.15) is 0 Å². The van der Waals surface area contributed by atoms with Crippen molar-refractivity contribution in [2.75, 3.05) is 10.9 Å². The van der Waals surface area contributed by atoms with Gasteiger partial charge in [0.05, 0.1) is 23.3 Å². The van der Waals surface area contributed by atoms with Crippen LogP contribution in [0.2, 0.25) is 0 Å². The number of hydrogen-bond acceptors (Lipinski definition) is 11. The lowest BCUT2D eigenvalue weighted by molar-refractivity contribution is -0.166. The van der Waals surface area contributed by atoms with Crippen LogP contribution in [-0.2, 0) is 49.9 Å². The Morgan fingerprint density at radius 3 is 2.17 bits per heavy atom. The van der Waals surface area contributed by atoms with Crippen LogP contribution < -0.4 is 4.31 Å². The van der Waals surface area contributed by atoms with Crippen LogP contribution in [0.1, 0.15) is 38.3 Å². The Morgan fingerprint density at radius 2 is 1.56 bits per heavy atom. The molecule has 2 aromatic carbocycles. The fourth-order valence-corrected chi connectivity index (χ4v) is 5.77. The number of esters is 3. The third-order valence-electron chi connectivity index (χ3n) is 6.12. The second-order valence-corrected chi connectivity index (χ2v) is 11.2. The molecule has 4 rings (SSSR count). The highest BCUT2D eigenvalue weighted by atomic mass is 32.2. The molecule has 0 spiro atoms. The van der Waals surface area contributed by atoms with E-state index in [-0.39, 0.29) is 23.7 Å². The molecule has 1 fully saturated rings. The first-order valence-corrected chi connectivity index (χ1v) is 14.1. The third-order valence-corrected chi connectivity index (χ3v) is 7.91. The van der Waals surface area contributed by atoms with Crippen molar-refractivity contribution in [3.8, 4) is 0 Å². The van der Waals surface area contributed by atoms with E-state index in [9.17, 15) is 22.8 Å². The number of benzene rings is 2. The normalized spacial score (nSPS) is 20.3. The lowest BCUT2D eigenvalue weighted by Crippen LogP contribution is -2.40. The van der Waals surface area contributed by atoms with E-state index in [2.05, 4.69) is 10.3 Å². The predicted octanol–water partition coefficient (Wildman–Crippen LogP) is 2.31. The quantitative estimate of drug-likeness (QED) is 0.254. The van der Waals surface area contributed by atoms with Gasteiger partial charge in [0.15, 0.2) is 18.4 Å². The SMILES string of the molecule is CC(=O)OC[C@H]1O[C@@H](n2cc(CN(c3ccc(C)cc3)S(=O)(=O)c3ccccc3)nn2)[C@H](OC(C)=O)[C@@H]1OC(C)=O. The minimum atomic E-state index is -4.00. The molecule has 218 valence electrons. The van der Waals surface area contributed by atoms with Gasteiger partial charge in [-0.15, -0.1) is 5.10 Å². The lowest BCUT2D eigenvalue weighted by Gasteiger charge is -2.24. The highest BCUT2D eigenvalue weighted by Gasteiger charge is 2.51. The van der Waals surface area contributed by atoms with Gasteiger partial charge >= 0.3 is 17.9 Å². The Kier molecular flexibility index (Phi) is 9.03. The van der Waals surface area contributed by atoms with Gasteiger partial charge in [-0.25, -0.2) is 13.1 Å². The molecule has 0 radical (unpaired) electrons. The zero-order valence-electron chi connectivity index (χ0n) is 22.9. The molecule has 1 aliphatic rings. The standard InChI is InChI=1S/C27H30N4O9S/c1-17-10-12-22(13-11-17)31(41(35,36)23-8-6-5-7-9-23)15-21-14-30(29-28-21)27-26(39-20(4)34)25(38-19(3)33)24(40-27)16-37-18(2)32/h5-14,24-27H,15-16H2,1-4H3/t24-,25-,26-,27-/m1/s1. The molecule has 0 amide bonds. The number of aromatic nitrogens is 3. The Balaban J connectivity index is 1.67. The molecule has 0 saturated carbocycles. The average molecular weight is 587 g/mol. The maximum Gasteiger partial charge on any atom is 0.303 e. The number of rotatable bonds is 10. The van der Waals surface area contributed by atoms with Crippen LogP contribution in [0.4, 0.5) is 5.69 Å². The van der Waals surface area contributed by atoms with Gasteiger partial charge < -0.3 is 18.9 Å². The van der Waals surface area contributed by atoms with Gasteiger partial charge in [-0.3, -0.25) is 18.7 Å².